The van der Waals surface area contributed by atoms with Crippen LogP contribution in [-0.4, -0.2) is 36.6 Å². The molecule has 0 unspecified atom stereocenters. The van der Waals surface area contributed by atoms with E-state index >= 15 is 0 Å². The Balaban J connectivity index is 0.000000391. The summed E-state index contributed by atoms with van der Waals surface area (Å²) in [5.41, 5.74) is 1.51. The summed E-state index contributed by atoms with van der Waals surface area (Å²) in [6.45, 7) is 0. The topological polar surface area (TPSA) is 91.1 Å². The van der Waals surface area contributed by atoms with E-state index in [4.69, 9.17) is 0 Å². The van der Waals surface area contributed by atoms with Crippen molar-refractivity contribution in [2.45, 2.75) is 31.6 Å². The number of aromatic nitrogens is 1. The lowest BCUT2D eigenvalue weighted by molar-refractivity contribution is 0.0955. The van der Waals surface area contributed by atoms with Crippen LogP contribution in [0.4, 0.5) is 0 Å². The van der Waals surface area contributed by atoms with Gasteiger partial charge < -0.3 is 15.6 Å². The molecule has 2 aliphatic rings. The minimum Gasteiger partial charge on any atom is -0.355 e. The molecular formula is C21H25N3O3S. The molecule has 0 atom stereocenters. The molecule has 6 nitrogen and oxygen atoms in total. The van der Waals surface area contributed by atoms with Crippen LogP contribution in [0.5, 0.6) is 0 Å². The highest BCUT2D eigenvalue weighted by Crippen LogP contribution is 2.39. The van der Waals surface area contributed by atoms with Crippen LogP contribution in [-0.2, 0) is 0 Å². The van der Waals surface area contributed by atoms with Crippen molar-refractivity contribution in [1.82, 2.24) is 15.6 Å². The van der Waals surface area contributed by atoms with E-state index in [9.17, 15) is 14.4 Å². The van der Waals surface area contributed by atoms with Crippen LogP contribution in [0.25, 0.3) is 10.9 Å². The Morgan fingerprint density at radius 3 is 2.39 bits per heavy atom. The molecule has 148 valence electrons. The van der Waals surface area contributed by atoms with Gasteiger partial charge in [0, 0.05) is 19.8 Å². The van der Waals surface area contributed by atoms with Crippen LogP contribution in [0.2, 0.25) is 0 Å². The number of hydrogen-bond acceptors (Lipinski definition) is 4. The first kappa shape index (κ1) is 20.2. The number of hydrogen-bond donors (Lipinski definition) is 3. The van der Waals surface area contributed by atoms with Gasteiger partial charge in [-0.3, -0.25) is 14.4 Å². The van der Waals surface area contributed by atoms with E-state index in [1.165, 1.54) is 25.3 Å². The number of pyridine rings is 1. The number of rotatable bonds is 3. The number of carbonyl (C=O) groups excluding carboxylic acids is 2. The lowest BCUT2D eigenvalue weighted by Crippen LogP contribution is -2.28. The van der Waals surface area contributed by atoms with Crippen LogP contribution in [0.1, 0.15) is 57.9 Å². The fourth-order valence-corrected chi connectivity index (χ4v) is 4.04. The normalized spacial score (nSPS) is 15.5. The number of aromatic amines is 1. The standard InChI is InChI=1S/C17H19N3O3.C4H6S/c1-18-15(21)12-8-10-6-7-11(9-4-3-5-9)13(17(23)19-2)14(10)20-16(12)22;1-2-4-5-3-1/h6-9H,3-5H2,1-2H3,(H,18,21)(H,19,23)(H,20,22);1,3H,2,4H2. The predicted octanol–water partition coefficient (Wildman–Crippen LogP) is 3.15. The molecule has 7 heteroatoms. The second-order valence-electron chi connectivity index (χ2n) is 6.82. The van der Waals surface area contributed by atoms with Gasteiger partial charge in [0.1, 0.15) is 5.56 Å². The Morgan fingerprint density at radius 2 is 1.89 bits per heavy atom. The molecule has 0 spiro atoms. The zero-order valence-corrected chi connectivity index (χ0v) is 16.9. The first-order chi connectivity index (χ1) is 13.6. The summed E-state index contributed by atoms with van der Waals surface area (Å²) in [7, 11) is 3.05. The molecule has 2 amide bonds. The van der Waals surface area contributed by atoms with Crippen molar-refractivity contribution < 1.29 is 9.59 Å². The van der Waals surface area contributed by atoms with E-state index in [1.54, 1.807) is 7.05 Å². The van der Waals surface area contributed by atoms with E-state index in [0.717, 1.165) is 24.8 Å². The number of amides is 2. The Bertz CT molecular complexity index is 971. The second-order valence-corrected chi connectivity index (χ2v) is 7.84. The molecule has 0 saturated heterocycles. The fourth-order valence-electron chi connectivity index (χ4n) is 3.36. The van der Waals surface area contributed by atoms with Gasteiger partial charge in [0.2, 0.25) is 0 Å². The van der Waals surface area contributed by atoms with Crippen molar-refractivity contribution in [3.63, 3.8) is 0 Å². The van der Waals surface area contributed by atoms with Crippen molar-refractivity contribution >= 4 is 34.5 Å². The average molecular weight is 400 g/mol. The lowest BCUT2D eigenvalue weighted by Gasteiger charge is -2.28. The third-order valence-electron chi connectivity index (χ3n) is 5.12. The monoisotopic (exact) mass is 399 g/mol. The minimum atomic E-state index is -0.493. The summed E-state index contributed by atoms with van der Waals surface area (Å²) in [5, 5.41) is 7.91. The van der Waals surface area contributed by atoms with Gasteiger partial charge in [-0.25, -0.2) is 0 Å². The molecule has 28 heavy (non-hydrogen) atoms. The summed E-state index contributed by atoms with van der Waals surface area (Å²) in [5.74, 6) is 0.993. The van der Waals surface area contributed by atoms with Gasteiger partial charge in [0.05, 0.1) is 11.1 Å². The maximum atomic E-state index is 12.4. The highest BCUT2D eigenvalue weighted by atomic mass is 32.2. The Labute approximate surface area is 168 Å². The van der Waals surface area contributed by atoms with Gasteiger partial charge in [0.15, 0.2) is 0 Å². The first-order valence-corrected chi connectivity index (χ1v) is 10.5. The largest absolute Gasteiger partial charge is 0.355 e. The molecule has 2 aromatic rings. The molecule has 3 N–H and O–H groups in total. The van der Waals surface area contributed by atoms with E-state index in [0.29, 0.717) is 22.4 Å². The van der Waals surface area contributed by atoms with Crippen molar-refractivity contribution in [2.75, 3.05) is 19.8 Å². The summed E-state index contributed by atoms with van der Waals surface area (Å²) < 4.78 is 0. The number of H-pyrrole nitrogens is 1. The third-order valence-corrected chi connectivity index (χ3v) is 5.97. The van der Waals surface area contributed by atoms with Gasteiger partial charge in [-0.15, -0.1) is 11.8 Å². The molecule has 1 aliphatic carbocycles. The molecule has 1 aromatic carbocycles. The SMILES string of the molecule is C1=CSCC1.CNC(=O)c1cc2ccc(C3CCC3)c(C(=O)NC)c2[nH]c1=O. The van der Waals surface area contributed by atoms with Crippen molar-refractivity contribution in [1.29, 1.82) is 0 Å². The van der Waals surface area contributed by atoms with Crippen LogP contribution in [0, 0.1) is 0 Å². The number of carbonyl (C=O) groups is 2. The van der Waals surface area contributed by atoms with Gasteiger partial charge in [-0.2, -0.15) is 0 Å². The van der Waals surface area contributed by atoms with Gasteiger partial charge >= 0.3 is 0 Å². The predicted molar refractivity (Wildman–Crippen MR) is 114 cm³/mol. The maximum absolute atomic E-state index is 12.4. The van der Waals surface area contributed by atoms with E-state index in [1.807, 2.05) is 23.9 Å². The number of allylic oxidation sites excluding steroid dienone is 1. The number of fused-ring (bicyclic) bond motifs is 1. The number of thioether (sulfide) groups is 1. The molecule has 1 aromatic heterocycles. The Morgan fingerprint density at radius 1 is 1.14 bits per heavy atom. The highest BCUT2D eigenvalue weighted by Gasteiger charge is 2.26. The van der Waals surface area contributed by atoms with E-state index in [-0.39, 0.29) is 11.5 Å². The van der Waals surface area contributed by atoms with Gasteiger partial charge in [0.25, 0.3) is 17.4 Å². The number of benzene rings is 1. The summed E-state index contributed by atoms with van der Waals surface area (Å²) >= 11 is 1.89. The second kappa shape index (κ2) is 9.10. The van der Waals surface area contributed by atoms with Crippen LogP contribution in [0.15, 0.2) is 34.5 Å². The molecular weight excluding hydrogens is 374 g/mol. The van der Waals surface area contributed by atoms with E-state index in [2.05, 4.69) is 27.1 Å². The smallest absolute Gasteiger partial charge is 0.261 e. The Kier molecular flexibility index (Phi) is 6.57. The summed E-state index contributed by atoms with van der Waals surface area (Å²) in [4.78, 5) is 39.1. The maximum Gasteiger partial charge on any atom is 0.261 e. The fraction of sp³-hybridized carbons (Fsp3) is 0.381. The molecule has 1 fully saturated rings. The zero-order chi connectivity index (χ0) is 20.1. The van der Waals surface area contributed by atoms with Crippen LogP contribution in [0.3, 0.4) is 0 Å². The van der Waals surface area contributed by atoms with Crippen LogP contribution < -0.4 is 16.2 Å². The van der Waals surface area contributed by atoms with E-state index < -0.39 is 11.5 Å². The third kappa shape index (κ3) is 4.14. The molecule has 4 rings (SSSR count). The zero-order valence-electron chi connectivity index (χ0n) is 16.1. The molecule has 0 radical (unpaired) electrons. The van der Waals surface area contributed by atoms with Crippen molar-refractivity contribution in [2.24, 2.45) is 0 Å². The highest BCUT2D eigenvalue weighted by molar-refractivity contribution is 8.02. The van der Waals surface area contributed by atoms with Crippen molar-refractivity contribution in [3.05, 3.63) is 56.7 Å². The van der Waals surface area contributed by atoms with Gasteiger partial charge in [-0.05, 0) is 47.6 Å². The number of nitrogens with one attached hydrogen (secondary N) is 3. The molecule has 2 heterocycles. The molecule has 1 saturated carbocycles. The average Bonchev–Trinajstić information content (AvgIpc) is 3.25. The molecule has 1 aliphatic heterocycles. The van der Waals surface area contributed by atoms with Crippen molar-refractivity contribution in [3.8, 4) is 0 Å². The van der Waals surface area contributed by atoms with Crippen LogP contribution >= 0.6 is 11.8 Å². The van der Waals surface area contributed by atoms with Gasteiger partial charge in [-0.1, -0.05) is 24.6 Å². The Hall–Kier alpha value is -2.54. The summed E-state index contributed by atoms with van der Waals surface area (Å²) in [6, 6.07) is 5.32. The molecule has 0 bridgehead atoms. The summed E-state index contributed by atoms with van der Waals surface area (Å²) in [6.07, 6.45) is 6.74. The first-order valence-electron chi connectivity index (χ1n) is 9.47. The quantitative estimate of drug-likeness (QED) is 0.739. The lowest BCUT2D eigenvalue weighted by atomic mass is 9.77. The minimum absolute atomic E-state index is 0.0410.